The van der Waals surface area contributed by atoms with Crippen LogP contribution in [0.3, 0.4) is 0 Å². The van der Waals surface area contributed by atoms with E-state index in [4.69, 9.17) is 4.74 Å². The third-order valence-electron chi connectivity index (χ3n) is 2.45. The highest BCUT2D eigenvalue weighted by molar-refractivity contribution is 5.70. The van der Waals surface area contributed by atoms with Crippen molar-refractivity contribution in [3.63, 3.8) is 0 Å². The summed E-state index contributed by atoms with van der Waals surface area (Å²) in [5, 5.41) is 0. The highest BCUT2D eigenvalue weighted by Gasteiger charge is 2.32. The van der Waals surface area contributed by atoms with Crippen molar-refractivity contribution in [2.45, 2.75) is 6.36 Å². The van der Waals surface area contributed by atoms with Crippen LogP contribution in [0, 0.1) is 6.07 Å². The SMILES string of the molecule is COc1ccc(-c2cc[c]cc2OC(F)(F)F)cc1. The number of hydrogen-bond acceptors (Lipinski definition) is 2. The van der Waals surface area contributed by atoms with E-state index >= 15 is 0 Å². The molecule has 0 amide bonds. The molecule has 0 aliphatic rings. The Morgan fingerprint density at radius 2 is 1.74 bits per heavy atom. The third-order valence-corrected chi connectivity index (χ3v) is 2.45. The molecule has 0 bridgehead atoms. The van der Waals surface area contributed by atoms with Crippen LogP contribution in [0.25, 0.3) is 11.1 Å². The molecule has 99 valence electrons. The second-order valence-corrected chi connectivity index (χ2v) is 3.70. The van der Waals surface area contributed by atoms with Crippen molar-refractivity contribution in [1.29, 1.82) is 0 Å². The summed E-state index contributed by atoms with van der Waals surface area (Å²) in [6.07, 6.45) is -4.73. The van der Waals surface area contributed by atoms with Crippen LogP contribution in [-0.4, -0.2) is 13.5 Å². The summed E-state index contributed by atoms with van der Waals surface area (Å²) in [6, 6.07) is 13.4. The molecule has 1 radical (unpaired) electrons. The van der Waals surface area contributed by atoms with Crippen LogP contribution in [0.5, 0.6) is 11.5 Å². The van der Waals surface area contributed by atoms with Gasteiger partial charge in [0.2, 0.25) is 0 Å². The largest absolute Gasteiger partial charge is 0.573 e. The van der Waals surface area contributed by atoms with Crippen LogP contribution < -0.4 is 9.47 Å². The van der Waals surface area contributed by atoms with E-state index in [9.17, 15) is 13.2 Å². The molecule has 2 rings (SSSR count). The summed E-state index contributed by atoms with van der Waals surface area (Å²) >= 11 is 0. The first-order valence-electron chi connectivity index (χ1n) is 5.40. The Bertz CT molecular complexity index is 547. The molecule has 0 fully saturated rings. The molecule has 19 heavy (non-hydrogen) atoms. The van der Waals surface area contributed by atoms with Gasteiger partial charge in [0.1, 0.15) is 11.5 Å². The van der Waals surface area contributed by atoms with Gasteiger partial charge in [0.05, 0.1) is 7.11 Å². The molecule has 2 aromatic carbocycles. The van der Waals surface area contributed by atoms with Gasteiger partial charge in [-0.2, -0.15) is 0 Å². The molecular weight excluding hydrogens is 257 g/mol. The summed E-state index contributed by atoms with van der Waals surface area (Å²) < 4.78 is 45.9. The highest BCUT2D eigenvalue weighted by atomic mass is 19.4. The lowest BCUT2D eigenvalue weighted by Crippen LogP contribution is -2.17. The van der Waals surface area contributed by atoms with E-state index < -0.39 is 6.36 Å². The zero-order chi connectivity index (χ0) is 13.9. The zero-order valence-corrected chi connectivity index (χ0v) is 9.99. The van der Waals surface area contributed by atoms with E-state index in [1.165, 1.54) is 19.2 Å². The smallest absolute Gasteiger partial charge is 0.497 e. The van der Waals surface area contributed by atoms with Crippen molar-refractivity contribution in [3.8, 4) is 22.6 Å². The van der Waals surface area contributed by atoms with Crippen molar-refractivity contribution >= 4 is 0 Å². The van der Waals surface area contributed by atoms with Crippen molar-refractivity contribution in [2.75, 3.05) is 7.11 Å². The molecule has 0 aliphatic carbocycles. The van der Waals surface area contributed by atoms with E-state index in [1.807, 2.05) is 0 Å². The maximum absolute atomic E-state index is 12.3. The number of rotatable bonds is 3. The van der Waals surface area contributed by atoms with Crippen molar-refractivity contribution in [2.24, 2.45) is 0 Å². The third kappa shape index (κ3) is 3.40. The average Bonchev–Trinajstić information content (AvgIpc) is 2.38. The van der Waals surface area contributed by atoms with E-state index in [2.05, 4.69) is 10.8 Å². The monoisotopic (exact) mass is 267 g/mol. The van der Waals surface area contributed by atoms with Crippen LogP contribution in [0.15, 0.2) is 42.5 Å². The molecule has 0 atom stereocenters. The molecule has 0 spiro atoms. The van der Waals surface area contributed by atoms with Crippen LogP contribution in [0.1, 0.15) is 0 Å². The second kappa shape index (κ2) is 5.22. The maximum atomic E-state index is 12.3. The molecule has 0 unspecified atom stereocenters. The predicted molar refractivity (Wildman–Crippen MR) is 63.9 cm³/mol. The lowest BCUT2D eigenvalue weighted by molar-refractivity contribution is -0.274. The van der Waals surface area contributed by atoms with Crippen molar-refractivity contribution < 1.29 is 22.6 Å². The quantitative estimate of drug-likeness (QED) is 0.834. The molecule has 2 nitrogen and oxygen atoms in total. The molecule has 0 saturated heterocycles. The molecule has 0 saturated carbocycles. The normalized spacial score (nSPS) is 11.2. The number of ether oxygens (including phenoxy) is 2. The lowest BCUT2D eigenvalue weighted by Gasteiger charge is -2.13. The zero-order valence-electron chi connectivity index (χ0n) is 9.99. The molecule has 0 N–H and O–H groups in total. The molecule has 0 heterocycles. The van der Waals surface area contributed by atoms with Gasteiger partial charge in [0.15, 0.2) is 0 Å². The fourth-order valence-electron chi connectivity index (χ4n) is 1.63. The molecule has 2 aromatic rings. The van der Waals surface area contributed by atoms with Crippen LogP contribution >= 0.6 is 0 Å². The minimum Gasteiger partial charge on any atom is -0.497 e. The van der Waals surface area contributed by atoms with Gasteiger partial charge >= 0.3 is 6.36 Å². The van der Waals surface area contributed by atoms with Gasteiger partial charge in [-0.3, -0.25) is 0 Å². The van der Waals surface area contributed by atoms with Gasteiger partial charge in [-0.1, -0.05) is 24.3 Å². The topological polar surface area (TPSA) is 18.5 Å². The first kappa shape index (κ1) is 13.3. The minimum atomic E-state index is -4.73. The van der Waals surface area contributed by atoms with Gasteiger partial charge in [0.25, 0.3) is 0 Å². The number of hydrogen-bond donors (Lipinski definition) is 0. The van der Waals surface area contributed by atoms with Crippen molar-refractivity contribution in [1.82, 2.24) is 0 Å². The lowest BCUT2D eigenvalue weighted by atomic mass is 10.0. The summed E-state index contributed by atoms with van der Waals surface area (Å²) in [5.74, 6) is 0.352. The van der Waals surface area contributed by atoms with Crippen LogP contribution in [0.2, 0.25) is 0 Å². The Kier molecular flexibility index (Phi) is 3.64. The number of alkyl halides is 3. The summed E-state index contributed by atoms with van der Waals surface area (Å²) in [7, 11) is 1.52. The average molecular weight is 267 g/mol. The fraction of sp³-hybridized carbons (Fsp3) is 0.143. The first-order valence-corrected chi connectivity index (χ1v) is 5.40. The van der Waals surface area contributed by atoms with Gasteiger partial charge in [-0.05, 0) is 29.8 Å². The van der Waals surface area contributed by atoms with Gasteiger partial charge in [0, 0.05) is 5.56 Å². The fourth-order valence-corrected chi connectivity index (χ4v) is 1.63. The first-order chi connectivity index (χ1) is 8.99. The van der Waals surface area contributed by atoms with E-state index in [0.29, 0.717) is 16.9 Å². The number of benzene rings is 2. The summed E-state index contributed by atoms with van der Waals surface area (Å²) in [5.41, 5.74) is 0.952. The molecule has 0 aliphatic heterocycles. The van der Waals surface area contributed by atoms with Gasteiger partial charge < -0.3 is 9.47 Å². The Hall–Kier alpha value is -2.17. The van der Waals surface area contributed by atoms with Gasteiger partial charge in [-0.15, -0.1) is 13.2 Å². The van der Waals surface area contributed by atoms with E-state index in [0.717, 1.165) is 6.07 Å². The molecular formula is C14H10F3O2. The highest BCUT2D eigenvalue weighted by Crippen LogP contribution is 2.34. The number of halogens is 3. The minimum absolute atomic E-state index is 0.278. The Balaban J connectivity index is 2.38. The second-order valence-electron chi connectivity index (χ2n) is 3.70. The molecule has 0 aromatic heterocycles. The van der Waals surface area contributed by atoms with E-state index in [-0.39, 0.29) is 5.75 Å². The Labute approximate surface area is 108 Å². The van der Waals surface area contributed by atoms with Crippen LogP contribution in [0.4, 0.5) is 13.2 Å². The van der Waals surface area contributed by atoms with Crippen molar-refractivity contribution in [3.05, 3.63) is 48.5 Å². The predicted octanol–water partition coefficient (Wildman–Crippen LogP) is 4.06. The maximum Gasteiger partial charge on any atom is 0.573 e. The van der Waals surface area contributed by atoms with E-state index in [1.54, 1.807) is 24.3 Å². The summed E-state index contributed by atoms with van der Waals surface area (Å²) in [6.45, 7) is 0. The Morgan fingerprint density at radius 1 is 1.05 bits per heavy atom. The molecule has 5 heteroatoms. The number of methoxy groups -OCH3 is 1. The standard InChI is InChI=1S/C14H10F3O2/c1-18-11-8-6-10(7-9-11)12-4-2-3-5-13(12)19-14(15,16)17/h2,4-9H,1H3. The summed E-state index contributed by atoms with van der Waals surface area (Å²) in [4.78, 5) is 0. The van der Waals surface area contributed by atoms with Crippen LogP contribution in [-0.2, 0) is 0 Å². The van der Waals surface area contributed by atoms with Gasteiger partial charge in [-0.25, -0.2) is 0 Å². The Morgan fingerprint density at radius 3 is 2.32 bits per heavy atom.